The normalized spacial score (nSPS) is 18.5. The summed E-state index contributed by atoms with van der Waals surface area (Å²) in [6, 6.07) is 3.86. The van der Waals surface area contributed by atoms with Crippen molar-refractivity contribution in [3.8, 4) is 5.75 Å². The molecule has 1 aromatic carbocycles. The van der Waals surface area contributed by atoms with Crippen molar-refractivity contribution in [3.05, 3.63) is 33.9 Å². The van der Waals surface area contributed by atoms with Gasteiger partial charge in [-0.2, -0.15) is 0 Å². The molecular weight excluding hydrogens is 264 g/mol. The van der Waals surface area contributed by atoms with E-state index >= 15 is 0 Å². The summed E-state index contributed by atoms with van der Waals surface area (Å²) in [6.45, 7) is 1.02. The molecule has 20 heavy (non-hydrogen) atoms. The molecule has 2 rings (SSSR count). The zero-order valence-corrected chi connectivity index (χ0v) is 10.9. The van der Waals surface area contributed by atoms with Crippen molar-refractivity contribution in [1.82, 2.24) is 5.32 Å². The van der Waals surface area contributed by atoms with Crippen LogP contribution in [0.15, 0.2) is 18.2 Å². The highest BCUT2D eigenvalue weighted by molar-refractivity contribution is 5.98. The molecule has 1 heterocycles. The molecule has 108 valence electrons. The highest BCUT2D eigenvalue weighted by Gasteiger charge is 2.22. The molecule has 0 bridgehead atoms. The molecule has 0 aromatic heterocycles. The quantitative estimate of drug-likeness (QED) is 0.644. The van der Waals surface area contributed by atoms with Crippen LogP contribution >= 0.6 is 0 Å². The van der Waals surface area contributed by atoms with Crippen LogP contribution in [0.1, 0.15) is 29.6 Å². The lowest BCUT2D eigenvalue weighted by Gasteiger charge is -2.22. The highest BCUT2D eigenvalue weighted by Crippen LogP contribution is 2.29. The van der Waals surface area contributed by atoms with Crippen molar-refractivity contribution in [2.45, 2.75) is 25.4 Å². The van der Waals surface area contributed by atoms with Gasteiger partial charge in [-0.15, -0.1) is 0 Å². The van der Waals surface area contributed by atoms with Gasteiger partial charge in [-0.3, -0.25) is 14.9 Å². The number of carbonyl (C=O) groups is 1. The standard InChI is InChI=1S/C13H16N2O5/c16-12-10(5-3-6-11(12)15(18)19)13(17)14-8-9-4-1-2-7-20-9/h3,5-6,9,16H,1-2,4,7-8H2,(H,14,17). The van der Waals surface area contributed by atoms with Crippen LogP contribution in [0.3, 0.4) is 0 Å². The molecule has 1 amide bonds. The molecule has 1 aliphatic rings. The van der Waals surface area contributed by atoms with E-state index in [4.69, 9.17) is 4.74 Å². The second-order valence-corrected chi connectivity index (χ2v) is 4.63. The van der Waals surface area contributed by atoms with Crippen molar-refractivity contribution in [2.24, 2.45) is 0 Å². The van der Waals surface area contributed by atoms with E-state index in [9.17, 15) is 20.0 Å². The molecular formula is C13H16N2O5. The molecule has 1 fully saturated rings. The Morgan fingerprint density at radius 2 is 2.30 bits per heavy atom. The molecule has 0 spiro atoms. The van der Waals surface area contributed by atoms with Gasteiger partial charge in [0.1, 0.15) is 0 Å². The zero-order chi connectivity index (χ0) is 14.5. The number of hydrogen-bond donors (Lipinski definition) is 2. The summed E-state index contributed by atoms with van der Waals surface area (Å²) in [5.74, 6) is -1.15. The Balaban J connectivity index is 2.01. The highest BCUT2D eigenvalue weighted by atomic mass is 16.6. The number of phenols is 1. The Kier molecular flexibility index (Phi) is 4.52. The van der Waals surface area contributed by atoms with Gasteiger partial charge in [0.25, 0.3) is 5.91 Å². The number of nitrogens with zero attached hydrogens (tertiary/aromatic N) is 1. The topological polar surface area (TPSA) is 102 Å². The fraction of sp³-hybridized carbons (Fsp3) is 0.462. The zero-order valence-electron chi connectivity index (χ0n) is 10.9. The number of nitro benzene ring substituents is 1. The first kappa shape index (κ1) is 14.3. The fourth-order valence-electron chi connectivity index (χ4n) is 2.13. The number of para-hydroxylation sites is 1. The SMILES string of the molecule is O=C(NCC1CCCCO1)c1cccc([N+](=O)[O-])c1O. The smallest absolute Gasteiger partial charge is 0.311 e. The van der Waals surface area contributed by atoms with Crippen LogP contribution < -0.4 is 5.32 Å². The molecule has 0 aliphatic carbocycles. The van der Waals surface area contributed by atoms with Crippen LogP contribution in [0.4, 0.5) is 5.69 Å². The van der Waals surface area contributed by atoms with E-state index in [0.717, 1.165) is 25.3 Å². The molecule has 2 N–H and O–H groups in total. The maximum Gasteiger partial charge on any atom is 0.311 e. The van der Waals surface area contributed by atoms with E-state index in [1.54, 1.807) is 0 Å². The lowest BCUT2D eigenvalue weighted by atomic mass is 10.1. The average molecular weight is 280 g/mol. The number of aromatic hydroxyl groups is 1. The summed E-state index contributed by atoms with van der Waals surface area (Å²) >= 11 is 0. The van der Waals surface area contributed by atoms with Gasteiger partial charge in [-0.1, -0.05) is 6.07 Å². The molecule has 0 saturated carbocycles. The van der Waals surface area contributed by atoms with Gasteiger partial charge in [0.15, 0.2) is 0 Å². The lowest BCUT2D eigenvalue weighted by molar-refractivity contribution is -0.385. The molecule has 1 aliphatic heterocycles. The predicted octanol–water partition coefficient (Wildman–Crippen LogP) is 1.60. The van der Waals surface area contributed by atoms with E-state index in [1.807, 2.05) is 0 Å². The van der Waals surface area contributed by atoms with Crippen LogP contribution in [0.2, 0.25) is 0 Å². The number of hydrogen-bond acceptors (Lipinski definition) is 5. The number of nitrogens with one attached hydrogen (secondary N) is 1. The van der Waals surface area contributed by atoms with Crippen molar-refractivity contribution in [2.75, 3.05) is 13.2 Å². The van der Waals surface area contributed by atoms with Crippen LogP contribution in [0.25, 0.3) is 0 Å². The summed E-state index contributed by atoms with van der Waals surface area (Å²) in [7, 11) is 0. The Morgan fingerprint density at radius 3 is 2.95 bits per heavy atom. The van der Waals surface area contributed by atoms with Gasteiger partial charge in [0.2, 0.25) is 5.75 Å². The Hall–Kier alpha value is -2.15. The number of nitro groups is 1. The Morgan fingerprint density at radius 1 is 1.50 bits per heavy atom. The molecule has 1 atom stereocenters. The number of rotatable bonds is 4. The first-order valence-electron chi connectivity index (χ1n) is 6.45. The Labute approximate surface area is 115 Å². The lowest BCUT2D eigenvalue weighted by Crippen LogP contribution is -2.35. The van der Waals surface area contributed by atoms with Gasteiger partial charge in [0.05, 0.1) is 16.6 Å². The van der Waals surface area contributed by atoms with E-state index in [-0.39, 0.29) is 11.7 Å². The van der Waals surface area contributed by atoms with E-state index in [2.05, 4.69) is 5.32 Å². The third-order valence-electron chi connectivity index (χ3n) is 3.22. The monoisotopic (exact) mass is 280 g/mol. The second kappa shape index (κ2) is 6.33. The van der Waals surface area contributed by atoms with E-state index in [0.29, 0.717) is 13.2 Å². The summed E-state index contributed by atoms with van der Waals surface area (Å²) in [5.41, 5.74) is -0.582. The minimum absolute atomic E-state index is 0.0338. The molecule has 7 heteroatoms. The van der Waals surface area contributed by atoms with Crippen LogP contribution in [-0.2, 0) is 4.74 Å². The van der Waals surface area contributed by atoms with E-state index in [1.165, 1.54) is 12.1 Å². The van der Waals surface area contributed by atoms with Gasteiger partial charge in [0, 0.05) is 19.2 Å². The number of phenolic OH excluding ortho intramolecular Hbond substituents is 1. The van der Waals surface area contributed by atoms with Gasteiger partial charge < -0.3 is 15.2 Å². The third kappa shape index (κ3) is 3.24. The van der Waals surface area contributed by atoms with Crippen molar-refractivity contribution >= 4 is 11.6 Å². The summed E-state index contributed by atoms with van der Waals surface area (Å²) in [6.07, 6.45) is 2.92. The Bertz CT molecular complexity index is 511. The van der Waals surface area contributed by atoms with Crippen LogP contribution in [0.5, 0.6) is 5.75 Å². The van der Waals surface area contributed by atoms with Crippen LogP contribution in [-0.4, -0.2) is 35.2 Å². The van der Waals surface area contributed by atoms with Crippen molar-refractivity contribution in [3.63, 3.8) is 0 Å². The number of benzene rings is 1. The minimum Gasteiger partial charge on any atom is -0.502 e. The van der Waals surface area contributed by atoms with E-state index < -0.39 is 22.3 Å². The van der Waals surface area contributed by atoms with Crippen molar-refractivity contribution < 1.29 is 19.6 Å². The van der Waals surface area contributed by atoms with Gasteiger partial charge >= 0.3 is 5.69 Å². The number of carbonyl (C=O) groups excluding carboxylic acids is 1. The second-order valence-electron chi connectivity index (χ2n) is 4.63. The van der Waals surface area contributed by atoms with Gasteiger partial charge in [-0.25, -0.2) is 0 Å². The predicted molar refractivity (Wildman–Crippen MR) is 70.7 cm³/mol. The molecule has 7 nitrogen and oxygen atoms in total. The number of amides is 1. The maximum absolute atomic E-state index is 11.9. The maximum atomic E-state index is 11.9. The number of ether oxygens (including phenoxy) is 1. The summed E-state index contributed by atoms with van der Waals surface area (Å²) in [5, 5.41) is 23.1. The van der Waals surface area contributed by atoms with Gasteiger partial charge in [-0.05, 0) is 25.3 Å². The first-order chi connectivity index (χ1) is 9.59. The van der Waals surface area contributed by atoms with Crippen molar-refractivity contribution in [1.29, 1.82) is 0 Å². The average Bonchev–Trinajstić information content (AvgIpc) is 2.46. The molecule has 1 unspecified atom stereocenters. The molecule has 1 aromatic rings. The van der Waals surface area contributed by atoms with Crippen LogP contribution in [0, 0.1) is 10.1 Å². The minimum atomic E-state index is -0.726. The fourth-order valence-corrected chi connectivity index (χ4v) is 2.13. The molecule has 0 radical (unpaired) electrons. The first-order valence-corrected chi connectivity index (χ1v) is 6.45. The third-order valence-corrected chi connectivity index (χ3v) is 3.22. The summed E-state index contributed by atoms with van der Waals surface area (Å²) in [4.78, 5) is 21.9. The largest absolute Gasteiger partial charge is 0.502 e. The molecule has 1 saturated heterocycles. The summed E-state index contributed by atoms with van der Waals surface area (Å²) < 4.78 is 5.47.